The Hall–Kier alpha value is -0.770. The summed E-state index contributed by atoms with van der Waals surface area (Å²) in [6.07, 6.45) is 3.15. The highest BCUT2D eigenvalue weighted by atomic mass is 16.6. The van der Waals surface area contributed by atoms with Crippen LogP contribution in [0.25, 0.3) is 0 Å². The van der Waals surface area contributed by atoms with Gasteiger partial charge in [0.2, 0.25) is 0 Å². The summed E-state index contributed by atoms with van der Waals surface area (Å²) in [4.78, 5) is 13.8. The van der Waals surface area contributed by atoms with Crippen LogP contribution in [0.4, 0.5) is 4.79 Å². The van der Waals surface area contributed by atoms with Gasteiger partial charge >= 0.3 is 6.09 Å². The fourth-order valence-corrected chi connectivity index (χ4v) is 2.94. The minimum atomic E-state index is -0.402. The standard InChI is InChI=1S/C13H24N2O2/c1-13(2,3)17-12(16)15-7-9-4-5-11(14)6-10(9)8-15/h9-11H,4-8,14H2,1-3H3/t9-,10+,11+/m1/s1. The van der Waals surface area contributed by atoms with E-state index in [2.05, 4.69) is 0 Å². The van der Waals surface area contributed by atoms with E-state index < -0.39 is 5.60 Å². The number of amides is 1. The van der Waals surface area contributed by atoms with Crippen molar-refractivity contribution in [3.63, 3.8) is 0 Å². The van der Waals surface area contributed by atoms with Crippen molar-refractivity contribution in [2.75, 3.05) is 13.1 Å². The first kappa shape index (κ1) is 12.7. The number of hydrogen-bond donors (Lipinski definition) is 1. The maximum atomic E-state index is 12.0. The molecule has 0 unspecified atom stereocenters. The van der Waals surface area contributed by atoms with Crippen LogP contribution in [0, 0.1) is 11.8 Å². The number of carbonyl (C=O) groups is 1. The maximum absolute atomic E-state index is 12.0. The van der Waals surface area contributed by atoms with Gasteiger partial charge in [-0.1, -0.05) is 0 Å². The van der Waals surface area contributed by atoms with E-state index in [4.69, 9.17) is 10.5 Å². The molecule has 0 aromatic rings. The zero-order valence-electron chi connectivity index (χ0n) is 11.1. The van der Waals surface area contributed by atoms with Gasteiger partial charge in [0, 0.05) is 19.1 Å². The van der Waals surface area contributed by atoms with Crippen LogP contribution in [0.15, 0.2) is 0 Å². The van der Waals surface area contributed by atoms with Crippen LogP contribution in [0.5, 0.6) is 0 Å². The van der Waals surface area contributed by atoms with E-state index in [0.29, 0.717) is 17.9 Å². The molecule has 0 aromatic carbocycles. The Labute approximate surface area is 103 Å². The fourth-order valence-electron chi connectivity index (χ4n) is 2.94. The SMILES string of the molecule is CC(C)(C)OC(=O)N1C[C@H]2CC[C@H](N)C[C@H]2C1. The minimum Gasteiger partial charge on any atom is -0.444 e. The second kappa shape index (κ2) is 4.48. The van der Waals surface area contributed by atoms with E-state index in [1.165, 1.54) is 0 Å². The molecule has 17 heavy (non-hydrogen) atoms. The molecule has 1 aliphatic heterocycles. The van der Waals surface area contributed by atoms with Crippen LogP contribution in [0.1, 0.15) is 40.0 Å². The highest BCUT2D eigenvalue weighted by molar-refractivity contribution is 5.68. The molecule has 0 radical (unpaired) electrons. The molecule has 3 atom stereocenters. The average molecular weight is 240 g/mol. The lowest BCUT2D eigenvalue weighted by molar-refractivity contribution is 0.0284. The maximum Gasteiger partial charge on any atom is 0.410 e. The molecule has 1 heterocycles. The summed E-state index contributed by atoms with van der Waals surface area (Å²) < 4.78 is 5.41. The Kier molecular flexibility index (Phi) is 3.34. The molecule has 2 aliphatic rings. The minimum absolute atomic E-state index is 0.166. The quantitative estimate of drug-likeness (QED) is 0.704. The third kappa shape index (κ3) is 3.12. The Morgan fingerprint density at radius 2 is 1.88 bits per heavy atom. The van der Waals surface area contributed by atoms with Gasteiger partial charge in [0.1, 0.15) is 5.60 Å². The van der Waals surface area contributed by atoms with Crippen LogP contribution in [0.2, 0.25) is 0 Å². The van der Waals surface area contributed by atoms with Crippen molar-refractivity contribution in [2.45, 2.75) is 51.7 Å². The third-order valence-electron chi connectivity index (χ3n) is 3.74. The van der Waals surface area contributed by atoms with Crippen LogP contribution in [0.3, 0.4) is 0 Å². The van der Waals surface area contributed by atoms with Crippen LogP contribution < -0.4 is 5.73 Å². The number of ether oxygens (including phenoxy) is 1. The topological polar surface area (TPSA) is 55.6 Å². The molecule has 1 saturated heterocycles. The number of hydrogen-bond acceptors (Lipinski definition) is 3. The summed E-state index contributed by atoms with van der Waals surface area (Å²) in [7, 11) is 0. The summed E-state index contributed by atoms with van der Waals surface area (Å²) in [6, 6.07) is 0.329. The number of likely N-dealkylation sites (tertiary alicyclic amines) is 1. The second-order valence-electron chi connectivity index (χ2n) is 6.48. The Balaban J connectivity index is 1.91. The largest absolute Gasteiger partial charge is 0.444 e. The molecule has 98 valence electrons. The van der Waals surface area contributed by atoms with Gasteiger partial charge in [-0.2, -0.15) is 0 Å². The van der Waals surface area contributed by atoms with E-state index in [-0.39, 0.29) is 6.09 Å². The highest BCUT2D eigenvalue weighted by Crippen LogP contribution is 2.36. The van der Waals surface area contributed by atoms with Crippen molar-refractivity contribution in [3.8, 4) is 0 Å². The number of rotatable bonds is 0. The first-order valence-electron chi connectivity index (χ1n) is 6.58. The van der Waals surface area contributed by atoms with Gasteiger partial charge in [-0.15, -0.1) is 0 Å². The molecule has 4 heteroatoms. The number of nitrogens with zero attached hydrogens (tertiary/aromatic N) is 1. The zero-order chi connectivity index (χ0) is 12.6. The molecule has 1 amide bonds. The molecule has 0 bridgehead atoms. The van der Waals surface area contributed by atoms with Crippen LogP contribution in [-0.4, -0.2) is 35.7 Å². The summed E-state index contributed by atoms with van der Waals surface area (Å²) in [6.45, 7) is 7.40. The van der Waals surface area contributed by atoms with E-state index in [1.807, 2.05) is 25.7 Å². The van der Waals surface area contributed by atoms with Gasteiger partial charge < -0.3 is 15.4 Å². The molecule has 2 N–H and O–H groups in total. The fraction of sp³-hybridized carbons (Fsp3) is 0.923. The zero-order valence-corrected chi connectivity index (χ0v) is 11.1. The summed E-state index contributed by atoms with van der Waals surface area (Å²) in [5.41, 5.74) is 5.58. The molecular weight excluding hydrogens is 216 g/mol. The second-order valence-corrected chi connectivity index (χ2v) is 6.48. The number of fused-ring (bicyclic) bond motifs is 1. The molecule has 0 aromatic heterocycles. The lowest BCUT2D eigenvalue weighted by Gasteiger charge is -2.27. The van der Waals surface area contributed by atoms with Gasteiger partial charge in [-0.3, -0.25) is 0 Å². The Morgan fingerprint density at radius 1 is 1.24 bits per heavy atom. The average Bonchev–Trinajstić information content (AvgIpc) is 2.57. The molecule has 2 fully saturated rings. The molecular formula is C13H24N2O2. The summed E-state index contributed by atoms with van der Waals surface area (Å²) in [5, 5.41) is 0. The van der Waals surface area contributed by atoms with E-state index in [1.54, 1.807) is 0 Å². The lowest BCUT2D eigenvalue weighted by Crippen LogP contribution is -2.35. The van der Waals surface area contributed by atoms with E-state index in [0.717, 1.165) is 32.4 Å². The van der Waals surface area contributed by atoms with Crippen molar-refractivity contribution in [2.24, 2.45) is 17.6 Å². The molecule has 4 nitrogen and oxygen atoms in total. The van der Waals surface area contributed by atoms with Crippen LogP contribution in [-0.2, 0) is 4.74 Å². The number of nitrogens with two attached hydrogens (primary N) is 1. The van der Waals surface area contributed by atoms with E-state index in [9.17, 15) is 4.79 Å². The van der Waals surface area contributed by atoms with Crippen molar-refractivity contribution in [1.29, 1.82) is 0 Å². The van der Waals surface area contributed by atoms with Gasteiger partial charge in [0.15, 0.2) is 0 Å². The van der Waals surface area contributed by atoms with Gasteiger partial charge in [-0.05, 0) is 51.9 Å². The lowest BCUT2D eigenvalue weighted by atomic mass is 9.79. The summed E-state index contributed by atoms with van der Waals surface area (Å²) >= 11 is 0. The van der Waals surface area contributed by atoms with Crippen molar-refractivity contribution in [3.05, 3.63) is 0 Å². The predicted octanol–water partition coefficient (Wildman–Crippen LogP) is 1.98. The van der Waals surface area contributed by atoms with Crippen molar-refractivity contribution < 1.29 is 9.53 Å². The predicted molar refractivity (Wildman–Crippen MR) is 66.6 cm³/mol. The molecule has 2 rings (SSSR count). The third-order valence-corrected chi connectivity index (χ3v) is 3.74. The molecule has 1 saturated carbocycles. The first-order chi connectivity index (χ1) is 7.85. The summed E-state index contributed by atoms with van der Waals surface area (Å²) in [5.74, 6) is 1.23. The molecule has 1 aliphatic carbocycles. The highest BCUT2D eigenvalue weighted by Gasteiger charge is 2.39. The van der Waals surface area contributed by atoms with E-state index >= 15 is 0 Å². The first-order valence-corrected chi connectivity index (χ1v) is 6.58. The molecule has 0 spiro atoms. The Bertz CT molecular complexity index is 298. The monoisotopic (exact) mass is 240 g/mol. The van der Waals surface area contributed by atoms with Crippen LogP contribution >= 0.6 is 0 Å². The van der Waals surface area contributed by atoms with Crippen molar-refractivity contribution in [1.82, 2.24) is 4.90 Å². The van der Waals surface area contributed by atoms with Crippen molar-refractivity contribution >= 4 is 6.09 Å². The van der Waals surface area contributed by atoms with Gasteiger partial charge in [0.05, 0.1) is 0 Å². The number of carbonyl (C=O) groups excluding carboxylic acids is 1. The smallest absolute Gasteiger partial charge is 0.410 e. The Morgan fingerprint density at radius 3 is 2.53 bits per heavy atom. The normalized spacial score (nSPS) is 33.4. The van der Waals surface area contributed by atoms with Gasteiger partial charge in [-0.25, -0.2) is 4.79 Å². The van der Waals surface area contributed by atoms with Gasteiger partial charge in [0.25, 0.3) is 0 Å².